The number of rotatable bonds is 8. The van der Waals surface area contributed by atoms with Gasteiger partial charge in [0.15, 0.2) is 0 Å². The molecule has 290 valence electrons. The van der Waals surface area contributed by atoms with Gasteiger partial charge in [-0.1, -0.05) is 64.3 Å². The predicted octanol–water partition coefficient (Wildman–Crippen LogP) is 6.52. The Labute approximate surface area is 325 Å². The molecule has 1 aromatic carbocycles. The quantitative estimate of drug-likeness (QED) is 0.242. The van der Waals surface area contributed by atoms with Crippen molar-refractivity contribution in [1.82, 2.24) is 24.9 Å². The van der Waals surface area contributed by atoms with Gasteiger partial charge in [0, 0.05) is 34.6 Å². The van der Waals surface area contributed by atoms with Crippen LogP contribution in [0.5, 0.6) is 11.5 Å². The average Bonchev–Trinajstić information content (AvgIpc) is 4.00. The zero-order chi connectivity index (χ0) is 38.6. The number of hydrogen-bond acceptors (Lipinski definition) is 10. The summed E-state index contributed by atoms with van der Waals surface area (Å²) in [6.45, 7) is 8.08. The molecule has 2 saturated carbocycles. The fourth-order valence-electron chi connectivity index (χ4n) is 7.51. The summed E-state index contributed by atoms with van der Waals surface area (Å²) in [6.07, 6.45) is 8.82. The number of benzene rings is 1. The molecule has 54 heavy (non-hydrogen) atoms. The number of hydrogen-bond donors (Lipinski definition) is 2. The predicted molar refractivity (Wildman–Crippen MR) is 208 cm³/mol. The minimum atomic E-state index is -3.85. The van der Waals surface area contributed by atoms with Gasteiger partial charge in [-0.05, 0) is 56.6 Å². The van der Waals surface area contributed by atoms with Gasteiger partial charge in [-0.25, -0.2) is 18.4 Å². The molecule has 2 N–H and O–H groups in total. The Kier molecular flexibility index (Phi) is 10.5. The van der Waals surface area contributed by atoms with Gasteiger partial charge in [0.2, 0.25) is 21.8 Å². The minimum Gasteiger partial charge on any atom is -0.495 e. The Hall–Kier alpha value is -3.75. The standard InChI is InChI=1S/C39H48ClN5O7S2/c1-22(2)28-21-53-35(42-28)27-18-31(26-14-15-30(51-5)32(40)33(26)41-27)52-24-17-29-34(46)43-39(36(47)44-54(49,50)25-12-13-25)19-23(39)11-9-7-6-8-10-16-38(3,4)37(48)45(29)20-24/h9,11,14-15,18,21-25,29H,6-8,10,12-13,16-17,19-20H2,1-5H3,(H,43,46)(H,44,47)/b11-9+. The third kappa shape index (κ3) is 7.58. The molecule has 7 rings (SSSR count). The first kappa shape index (κ1) is 38.5. The van der Waals surface area contributed by atoms with Gasteiger partial charge in [0.25, 0.3) is 5.91 Å². The number of pyridine rings is 1. The number of nitrogens with zero attached hydrogens (tertiary/aromatic N) is 3. The first-order chi connectivity index (χ1) is 25.6. The van der Waals surface area contributed by atoms with E-state index in [1.165, 1.54) is 18.4 Å². The van der Waals surface area contributed by atoms with Crippen molar-refractivity contribution in [1.29, 1.82) is 0 Å². The van der Waals surface area contributed by atoms with Crippen LogP contribution in [0.15, 0.2) is 35.7 Å². The molecule has 4 atom stereocenters. The summed E-state index contributed by atoms with van der Waals surface area (Å²) in [4.78, 5) is 53.8. The lowest BCUT2D eigenvalue weighted by atomic mass is 9.85. The number of aromatic nitrogens is 2. The molecule has 1 saturated heterocycles. The van der Waals surface area contributed by atoms with Crippen molar-refractivity contribution < 1.29 is 32.3 Å². The van der Waals surface area contributed by atoms with Crippen LogP contribution in [0.3, 0.4) is 0 Å². The molecule has 12 nitrogen and oxygen atoms in total. The number of halogens is 1. The lowest BCUT2D eigenvalue weighted by Gasteiger charge is -2.33. The van der Waals surface area contributed by atoms with Crippen LogP contribution < -0.4 is 19.5 Å². The van der Waals surface area contributed by atoms with E-state index in [4.69, 9.17) is 31.0 Å². The number of carbonyl (C=O) groups is 3. The molecule has 4 aliphatic rings. The van der Waals surface area contributed by atoms with Crippen molar-refractivity contribution in [2.24, 2.45) is 11.3 Å². The Bertz CT molecular complexity index is 2110. The Morgan fingerprint density at radius 1 is 1.13 bits per heavy atom. The van der Waals surface area contributed by atoms with Gasteiger partial charge >= 0.3 is 0 Å². The van der Waals surface area contributed by atoms with Crippen LogP contribution in [0.25, 0.3) is 21.6 Å². The van der Waals surface area contributed by atoms with Crippen LogP contribution in [0, 0.1) is 11.3 Å². The maximum atomic E-state index is 14.4. The van der Waals surface area contributed by atoms with Gasteiger partial charge in [-0.2, -0.15) is 0 Å². The first-order valence-corrected chi connectivity index (χ1v) is 21.6. The lowest BCUT2D eigenvalue weighted by molar-refractivity contribution is -0.146. The van der Waals surface area contributed by atoms with E-state index < -0.39 is 50.2 Å². The molecule has 4 heterocycles. The summed E-state index contributed by atoms with van der Waals surface area (Å²) in [5.74, 6) is -0.671. The van der Waals surface area contributed by atoms with Crippen LogP contribution in [0.2, 0.25) is 5.02 Å². The highest BCUT2D eigenvalue weighted by atomic mass is 35.5. The van der Waals surface area contributed by atoms with E-state index >= 15 is 0 Å². The summed E-state index contributed by atoms with van der Waals surface area (Å²) >= 11 is 8.29. The van der Waals surface area contributed by atoms with Crippen molar-refractivity contribution >= 4 is 61.6 Å². The average molecular weight is 798 g/mol. The van der Waals surface area contributed by atoms with Crippen LogP contribution in [-0.2, 0) is 24.4 Å². The van der Waals surface area contributed by atoms with Crippen molar-refractivity contribution in [3.8, 4) is 22.2 Å². The highest BCUT2D eigenvalue weighted by Crippen LogP contribution is 2.47. The van der Waals surface area contributed by atoms with Crippen molar-refractivity contribution in [3.63, 3.8) is 0 Å². The molecule has 3 aromatic rings. The summed E-state index contributed by atoms with van der Waals surface area (Å²) in [7, 11) is -2.32. The van der Waals surface area contributed by atoms with Crippen molar-refractivity contribution in [2.75, 3.05) is 13.7 Å². The number of methoxy groups -OCH3 is 1. The number of thiazole rings is 1. The van der Waals surface area contributed by atoms with E-state index in [1.807, 2.05) is 43.5 Å². The van der Waals surface area contributed by atoms with Crippen LogP contribution >= 0.6 is 22.9 Å². The number of amides is 3. The van der Waals surface area contributed by atoms with Crippen molar-refractivity contribution in [2.45, 2.75) is 114 Å². The Morgan fingerprint density at radius 3 is 2.61 bits per heavy atom. The molecule has 2 aliphatic heterocycles. The molecule has 2 aromatic heterocycles. The Morgan fingerprint density at radius 2 is 1.91 bits per heavy atom. The van der Waals surface area contributed by atoms with Crippen molar-refractivity contribution in [3.05, 3.63) is 46.4 Å². The summed E-state index contributed by atoms with van der Waals surface area (Å²) in [5, 5.41) is 6.00. The van der Waals surface area contributed by atoms with E-state index in [9.17, 15) is 22.8 Å². The number of nitrogens with one attached hydrogen (secondary N) is 2. The van der Waals surface area contributed by atoms with E-state index in [1.54, 1.807) is 11.0 Å². The summed E-state index contributed by atoms with van der Waals surface area (Å²) < 4.78 is 40.2. The second-order valence-electron chi connectivity index (χ2n) is 16.0. The number of carbonyl (C=O) groups excluding carboxylic acids is 3. The molecule has 0 radical (unpaired) electrons. The molecule has 0 spiro atoms. The maximum Gasteiger partial charge on any atom is 0.259 e. The Balaban J connectivity index is 1.23. The second kappa shape index (κ2) is 14.7. The molecule has 3 fully saturated rings. The third-order valence-corrected chi connectivity index (χ3v) is 14.2. The molecule has 0 bridgehead atoms. The normalized spacial score (nSPS) is 26.6. The van der Waals surface area contributed by atoms with Crippen LogP contribution in [-0.4, -0.2) is 77.6 Å². The molecule has 15 heteroatoms. The molecular formula is C39H48ClN5O7S2. The fraction of sp³-hybridized carbons (Fsp3) is 0.564. The van der Waals surface area contributed by atoms with Gasteiger partial charge in [-0.15, -0.1) is 11.3 Å². The lowest BCUT2D eigenvalue weighted by Crippen LogP contribution is -2.57. The van der Waals surface area contributed by atoms with E-state index in [2.05, 4.69) is 23.9 Å². The smallest absolute Gasteiger partial charge is 0.259 e. The molecular weight excluding hydrogens is 750 g/mol. The van der Waals surface area contributed by atoms with Gasteiger partial charge in [-0.3, -0.25) is 19.1 Å². The van der Waals surface area contributed by atoms with Crippen LogP contribution in [0.4, 0.5) is 0 Å². The van der Waals surface area contributed by atoms with Crippen LogP contribution in [0.1, 0.15) is 97.1 Å². The highest BCUT2D eigenvalue weighted by Gasteiger charge is 2.62. The van der Waals surface area contributed by atoms with Gasteiger partial charge < -0.3 is 19.7 Å². The zero-order valence-electron chi connectivity index (χ0n) is 31.3. The maximum absolute atomic E-state index is 14.4. The number of fused-ring (bicyclic) bond motifs is 3. The zero-order valence-corrected chi connectivity index (χ0v) is 33.7. The van der Waals surface area contributed by atoms with E-state index in [-0.39, 0.29) is 37.1 Å². The number of allylic oxidation sites excluding steroid dienone is 1. The number of ether oxygens (including phenoxy) is 2. The number of sulfonamides is 1. The summed E-state index contributed by atoms with van der Waals surface area (Å²) in [6, 6.07) is 4.41. The largest absolute Gasteiger partial charge is 0.495 e. The van der Waals surface area contributed by atoms with E-state index in [0.717, 1.165) is 31.4 Å². The van der Waals surface area contributed by atoms with Gasteiger partial charge in [0.05, 0.1) is 30.1 Å². The summed E-state index contributed by atoms with van der Waals surface area (Å²) in [5.41, 5.74) is -0.233. The van der Waals surface area contributed by atoms with Gasteiger partial charge in [0.1, 0.15) is 44.9 Å². The minimum absolute atomic E-state index is 0.122. The fourth-order valence-corrected chi connectivity index (χ4v) is 10.1. The SMILES string of the molecule is COc1ccc2c(OC3CC4C(=O)NC5(C(=O)NS(=O)(=O)C6CC6)CC5/C=C/CCCCCC(C)(C)C(=O)N4C3)cc(-c3nc(C(C)C)cs3)nc2c1Cl. The molecule has 3 amide bonds. The van der Waals surface area contributed by atoms with E-state index in [0.29, 0.717) is 57.4 Å². The topological polar surface area (TPSA) is 157 Å². The molecule has 2 aliphatic carbocycles. The second-order valence-corrected chi connectivity index (χ2v) is 19.2. The third-order valence-electron chi connectivity index (χ3n) is 11.1. The molecule has 4 unspecified atom stereocenters. The highest BCUT2D eigenvalue weighted by molar-refractivity contribution is 7.91. The first-order valence-electron chi connectivity index (χ1n) is 18.8. The monoisotopic (exact) mass is 797 g/mol.